The molecule has 0 saturated heterocycles. The van der Waals surface area contributed by atoms with Gasteiger partial charge in [-0.1, -0.05) is 30.3 Å². The predicted molar refractivity (Wildman–Crippen MR) is 65.6 cm³/mol. The third-order valence-corrected chi connectivity index (χ3v) is 2.55. The van der Waals surface area contributed by atoms with Gasteiger partial charge in [0, 0.05) is 18.8 Å². The van der Waals surface area contributed by atoms with Crippen LogP contribution < -0.4 is 0 Å². The van der Waals surface area contributed by atoms with Crippen LogP contribution in [0.5, 0.6) is 0 Å². The smallest absolute Gasteiger partial charge is 0.303 e. The Hall–Kier alpha value is -2.16. The van der Waals surface area contributed by atoms with E-state index in [-0.39, 0.29) is 6.42 Å². The van der Waals surface area contributed by atoms with Crippen molar-refractivity contribution in [3.8, 4) is 11.1 Å². The molecule has 86 valence electrons. The first-order chi connectivity index (χ1) is 8.25. The lowest BCUT2D eigenvalue weighted by molar-refractivity contribution is -0.136. The molecule has 0 fully saturated rings. The Labute approximate surface area is 99.8 Å². The van der Waals surface area contributed by atoms with Crippen LogP contribution in [0, 0.1) is 0 Å². The highest BCUT2D eigenvalue weighted by Gasteiger charge is 2.01. The van der Waals surface area contributed by atoms with Gasteiger partial charge >= 0.3 is 5.97 Å². The van der Waals surface area contributed by atoms with E-state index in [0.717, 1.165) is 16.7 Å². The number of carboxylic acid groups (broad SMARTS) is 1. The van der Waals surface area contributed by atoms with Crippen LogP contribution in [-0.2, 0) is 11.2 Å². The van der Waals surface area contributed by atoms with Crippen LogP contribution in [0.25, 0.3) is 11.1 Å². The van der Waals surface area contributed by atoms with Crippen molar-refractivity contribution in [3.63, 3.8) is 0 Å². The monoisotopic (exact) mass is 227 g/mol. The quantitative estimate of drug-likeness (QED) is 0.873. The van der Waals surface area contributed by atoms with Gasteiger partial charge in [0.2, 0.25) is 0 Å². The SMILES string of the molecule is O=C(O)CCc1cccc(-c2cccnc2)c1. The van der Waals surface area contributed by atoms with Gasteiger partial charge in [0.05, 0.1) is 0 Å². The first kappa shape index (κ1) is 11.3. The average molecular weight is 227 g/mol. The van der Waals surface area contributed by atoms with Crippen molar-refractivity contribution in [1.29, 1.82) is 0 Å². The number of pyridine rings is 1. The first-order valence-corrected chi connectivity index (χ1v) is 5.47. The van der Waals surface area contributed by atoms with E-state index in [4.69, 9.17) is 5.11 Å². The molecule has 1 N–H and O–H groups in total. The van der Waals surface area contributed by atoms with Crippen molar-refractivity contribution < 1.29 is 9.90 Å². The molecule has 0 atom stereocenters. The summed E-state index contributed by atoms with van der Waals surface area (Å²) in [6, 6.07) is 11.8. The molecule has 2 aromatic rings. The average Bonchev–Trinajstić information content (AvgIpc) is 2.38. The fourth-order valence-corrected chi connectivity index (χ4v) is 1.69. The summed E-state index contributed by atoms with van der Waals surface area (Å²) in [5.41, 5.74) is 3.15. The molecule has 3 nitrogen and oxygen atoms in total. The minimum atomic E-state index is -0.767. The summed E-state index contributed by atoms with van der Waals surface area (Å²) in [5, 5.41) is 8.65. The molecule has 1 aromatic heterocycles. The highest BCUT2D eigenvalue weighted by molar-refractivity contribution is 5.67. The van der Waals surface area contributed by atoms with Crippen molar-refractivity contribution in [2.45, 2.75) is 12.8 Å². The molecule has 17 heavy (non-hydrogen) atoms. The Kier molecular flexibility index (Phi) is 3.50. The third-order valence-electron chi connectivity index (χ3n) is 2.55. The molecule has 1 heterocycles. The van der Waals surface area contributed by atoms with Crippen molar-refractivity contribution in [2.75, 3.05) is 0 Å². The molecule has 0 aliphatic heterocycles. The number of carbonyl (C=O) groups is 1. The lowest BCUT2D eigenvalue weighted by atomic mass is 10.0. The molecular weight excluding hydrogens is 214 g/mol. The zero-order chi connectivity index (χ0) is 12.1. The van der Waals surface area contributed by atoms with Crippen LogP contribution in [0.15, 0.2) is 48.8 Å². The van der Waals surface area contributed by atoms with Crippen LogP contribution in [0.2, 0.25) is 0 Å². The van der Waals surface area contributed by atoms with E-state index in [2.05, 4.69) is 4.98 Å². The predicted octanol–water partition coefficient (Wildman–Crippen LogP) is 2.77. The highest BCUT2D eigenvalue weighted by Crippen LogP contribution is 2.19. The van der Waals surface area contributed by atoms with Crippen molar-refractivity contribution in [2.24, 2.45) is 0 Å². The minimum absolute atomic E-state index is 0.163. The van der Waals surface area contributed by atoms with Gasteiger partial charge in [0.25, 0.3) is 0 Å². The minimum Gasteiger partial charge on any atom is -0.481 e. The molecule has 0 saturated carbocycles. The summed E-state index contributed by atoms with van der Waals surface area (Å²) in [6.07, 6.45) is 4.26. The largest absolute Gasteiger partial charge is 0.481 e. The molecule has 0 unspecified atom stereocenters. The van der Waals surface area contributed by atoms with Gasteiger partial charge in [-0.2, -0.15) is 0 Å². The summed E-state index contributed by atoms with van der Waals surface area (Å²) in [5.74, 6) is -0.767. The fraction of sp³-hybridized carbons (Fsp3) is 0.143. The lowest BCUT2D eigenvalue weighted by Gasteiger charge is -2.04. The number of aromatic nitrogens is 1. The van der Waals surface area contributed by atoms with Crippen LogP contribution in [-0.4, -0.2) is 16.1 Å². The molecule has 0 aliphatic rings. The second-order valence-corrected chi connectivity index (χ2v) is 3.84. The Morgan fingerprint density at radius 2 is 2.00 bits per heavy atom. The van der Waals surface area contributed by atoms with Crippen LogP contribution in [0.3, 0.4) is 0 Å². The van der Waals surface area contributed by atoms with Gasteiger partial charge in [-0.15, -0.1) is 0 Å². The van der Waals surface area contributed by atoms with Gasteiger partial charge < -0.3 is 5.11 Å². The summed E-state index contributed by atoms with van der Waals surface area (Å²) in [7, 11) is 0. The maximum atomic E-state index is 10.5. The molecule has 1 aromatic carbocycles. The maximum absolute atomic E-state index is 10.5. The molecular formula is C14H13NO2. The lowest BCUT2D eigenvalue weighted by Crippen LogP contribution is -1.97. The fourth-order valence-electron chi connectivity index (χ4n) is 1.69. The van der Waals surface area contributed by atoms with Crippen LogP contribution >= 0.6 is 0 Å². The number of benzene rings is 1. The Morgan fingerprint density at radius 3 is 2.71 bits per heavy atom. The van der Waals surface area contributed by atoms with Crippen molar-refractivity contribution >= 4 is 5.97 Å². The number of carboxylic acids is 1. The molecule has 0 bridgehead atoms. The van der Waals surface area contributed by atoms with E-state index in [1.54, 1.807) is 12.4 Å². The second-order valence-electron chi connectivity index (χ2n) is 3.84. The zero-order valence-corrected chi connectivity index (χ0v) is 9.34. The van der Waals surface area contributed by atoms with Gasteiger partial charge in [-0.05, 0) is 29.2 Å². The third kappa shape index (κ3) is 3.14. The number of aryl methyl sites for hydroxylation is 1. The maximum Gasteiger partial charge on any atom is 0.303 e. The van der Waals surface area contributed by atoms with Crippen molar-refractivity contribution in [3.05, 3.63) is 54.4 Å². The first-order valence-electron chi connectivity index (χ1n) is 5.47. The molecule has 0 aliphatic carbocycles. The number of hydrogen-bond acceptors (Lipinski definition) is 2. The Bertz CT molecular complexity index is 509. The summed E-state index contributed by atoms with van der Waals surface area (Å²) in [4.78, 5) is 14.6. The molecule has 0 spiro atoms. The molecule has 0 amide bonds. The van der Waals surface area contributed by atoms with E-state index >= 15 is 0 Å². The summed E-state index contributed by atoms with van der Waals surface area (Å²) in [6.45, 7) is 0. The standard InChI is InChI=1S/C14H13NO2/c16-14(17)7-6-11-3-1-4-12(9-11)13-5-2-8-15-10-13/h1-5,8-10H,6-7H2,(H,16,17). The number of hydrogen-bond donors (Lipinski definition) is 1. The second kappa shape index (κ2) is 5.25. The van der Waals surface area contributed by atoms with Gasteiger partial charge in [0.15, 0.2) is 0 Å². The summed E-state index contributed by atoms with van der Waals surface area (Å²) < 4.78 is 0. The van der Waals surface area contributed by atoms with E-state index in [0.29, 0.717) is 6.42 Å². The number of rotatable bonds is 4. The zero-order valence-electron chi connectivity index (χ0n) is 9.34. The number of aliphatic carboxylic acids is 1. The summed E-state index contributed by atoms with van der Waals surface area (Å²) >= 11 is 0. The van der Waals surface area contributed by atoms with Gasteiger partial charge in [0.1, 0.15) is 0 Å². The van der Waals surface area contributed by atoms with E-state index in [9.17, 15) is 4.79 Å². The Balaban J connectivity index is 2.20. The van der Waals surface area contributed by atoms with Crippen LogP contribution in [0.1, 0.15) is 12.0 Å². The molecule has 2 rings (SSSR count). The molecule has 0 radical (unpaired) electrons. The van der Waals surface area contributed by atoms with Crippen LogP contribution in [0.4, 0.5) is 0 Å². The Morgan fingerprint density at radius 1 is 1.18 bits per heavy atom. The van der Waals surface area contributed by atoms with Crippen molar-refractivity contribution in [1.82, 2.24) is 4.98 Å². The van der Waals surface area contributed by atoms with E-state index in [1.165, 1.54) is 0 Å². The highest BCUT2D eigenvalue weighted by atomic mass is 16.4. The number of nitrogens with zero attached hydrogens (tertiary/aromatic N) is 1. The van der Waals surface area contributed by atoms with E-state index in [1.807, 2.05) is 36.4 Å². The normalized spacial score (nSPS) is 10.1. The van der Waals surface area contributed by atoms with Gasteiger partial charge in [-0.25, -0.2) is 0 Å². The van der Waals surface area contributed by atoms with E-state index < -0.39 is 5.97 Å². The molecule has 3 heteroatoms. The van der Waals surface area contributed by atoms with Gasteiger partial charge in [-0.3, -0.25) is 9.78 Å². The topological polar surface area (TPSA) is 50.2 Å².